The molecule has 102 valence electrons. The van der Waals surface area contributed by atoms with Gasteiger partial charge in [0, 0.05) is 0 Å². The Balaban J connectivity index is 2.00. The van der Waals surface area contributed by atoms with E-state index in [1.165, 1.54) is 70.6 Å². The van der Waals surface area contributed by atoms with E-state index in [1.54, 1.807) is 0 Å². The summed E-state index contributed by atoms with van der Waals surface area (Å²) in [5, 5.41) is 0. The highest BCUT2D eigenvalue weighted by Gasteiger charge is 2.28. The maximum absolute atomic E-state index is 2.49. The molecule has 0 spiro atoms. The predicted molar refractivity (Wildman–Crippen MR) is 80.7 cm³/mol. The summed E-state index contributed by atoms with van der Waals surface area (Å²) in [5.41, 5.74) is 1.81. The topological polar surface area (TPSA) is 0 Å². The molecule has 0 radical (unpaired) electrons. The van der Waals surface area contributed by atoms with Crippen LogP contribution in [0.4, 0.5) is 0 Å². The molecule has 2 atom stereocenters. The van der Waals surface area contributed by atoms with Crippen LogP contribution in [0.5, 0.6) is 0 Å². The molecular weight excluding hydrogens is 216 g/mol. The van der Waals surface area contributed by atoms with E-state index in [9.17, 15) is 0 Å². The lowest BCUT2D eigenvalue weighted by atomic mass is 9.89. The van der Waals surface area contributed by atoms with Crippen LogP contribution in [0.1, 0.15) is 77.6 Å². The van der Waals surface area contributed by atoms with Gasteiger partial charge < -0.3 is 0 Å². The predicted octanol–water partition coefficient (Wildman–Crippen LogP) is 6.04. The summed E-state index contributed by atoms with van der Waals surface area (Å²) in [6.07, 6.45) is 22.9. The Hall–Kier alpha value is -0.520. The van der Waals surface area contributed by atoms with Crippen LogP contribution < -0.4 is 0 Å². The van der Waals surface area contributed by atoms with E-state index in [1.807, 2.05) is 5.57 Å². The second kappa shape index (κ2) is 7.81. The van der Waals surface area contributed by atoms with Gasteiger partial charge in [0.05, 0.1) is 0 Å². The molecule has 0 aliphatic heterocycles. The number of rotatable bonds is 3. The van der Waals surface area contributed by atoms with E-state index < -0.39 is 0 Å². The fraction of sp³-hybridized carbons (Fsp3) is 0.778. The second-order valence-electron chi connectivity index (χ2n) is 6.20. The number of fused-ring (bicyclic) bond motifs is 1. The molecule has 0 amide bonds. The van der Waals surface area contributed by atoms with Crippen LogP contribution in [0.3, 0.4) is 0 Å². The minimum absolute atomic E-state index is 0.917. The molecule has 2 rings (SSSR count). The summed E-state index contributed by atoms with van der Waals surface area (Å²) in [7, 11) is 0. The van der Waals surface area contributed by atoms with Crippen molar-refractivity contribution in [3.63, 3.8) is 0 Å². The maximum Gasteiger partial charge on any atom is -0.0197 e. The summed E-state index contributed by atoms with van der Waals surface area (Å²) in [6, 6.07) is 0. The monoisotopic (exact) mass is 246 g/mol. The molecule has 0 heteroatoms. The Morgan fingerprint density at radius 3 is 2.83 bits per heavy atom. The summed E-state index contributed by atoms with van der Waals surface area (Å²) >= 11 is 0. The van der Waals surface area contributed by atoms with Crippen molar-refractivity contribution in [1.29, 1.82) is 0 Å². The lowest BCUT2D eigenvalue weighted by Gasteiger charge is -2.16. The average molecular weight is 246 g/mol. The number of hydrogen-bond donors (Lipinski definition) is 0. The van der Waals surface area contributed by atoms with Gasteiger partial charge >= 0.3 is 0 Å². The zero-order chi connectivity index (χ0) is 12.6. The zero-order valence-corrected chi connectivity index (χ0v) is 12.2. The van der Waals surface area contributed by atoms with E-state index in [-0.39, 0.29) is 0 Å². The molecule has 0 heterocycles. The molecule has 2 unspecified atom stereocenters. The zero-order valence-electron chi connectivity index (χ0n) is 12.2. The van der Waals surface area contributed by atoms with Gasteiger partial charge in [0.2, 0.25) is 0 Å². The van der Waals surface area contributed by atoms with E-state index in [0.29, 0.717) is 0 Å². The molecule has 18 heavy (non-hydrogen) atoms. The maximum atomic E-state index is 2.49. The van der Waals surface area contributed by atoms with Gasteiger partial charge in [-0.3, -0.25) is 0 Å². The number of unbranched alkanes of at least 4 members (excludes halogenated alkanes) is 1. The molecule has 0 aromatic heterocycles. The van der Waals surface area contributed by atoms with Gasteiger partial charge in [-0.15, -0.1) is 0 Å². The Morgan fingerprint density at radius 2 is 1.94 bits per heavy atom. The first kappa shape index (κ1) is 13.9. The lowest BCUT2D eigenvalue weighted by Crippen LogP contribution is -2.03. The molecule has 2 aliphatic carbocycles. The Labute approximate surface area is 114 Å². The van der Waals surface area contributed by atoms with Crippen molar-refractivity contribution in [2.45, 2.75) is 77.6 Å². The fourth-order valence-corrected chi connectivity index (χ4v) is 3.70. The minimum atomic E-state index is 0.917. The SMILES string of the molecule is CCCCC1CCC2CCCCCC/C=C\C=C\12. The molecule has 1 saturated carbocycles. The number of hydrogen-bond acceptors (Lipinski definition) is 0. The Bertz CT molecular complexity index is 276. The van der Waals surface area contributed by atoms with Crippen LogP contribution in [0.15, 0.2) is 23.8 Å². The standard InChI is InChI=1S/C18H30/c1-2-3-11-16-14-15-17-12-9-7-5-4-6-8-10-13-18(16)17/h8,10,13,16-17H,2-7,9,11-12,14-15H2,1H3/b10-8-,18-13-. The quantitative estimate of drug-likeness (QED) is 0.569. The third-order valence-electron chi connectivity index (χ3n) is 4.81. The normalized spacial score (nSPS) is 34.2. The Kier molecular flexibility index (Phi) is 6.04. The van der Waals surface area contributed by atoms with E-state index >= 15 is 0 Å². The van der Waals surface area contributed by atoms with Crippen molar-refractivity contribution in [2.75, 3.05) is 0 Å². The average Bonchev–Trinajstić information content (AvgIpc) is 2.74. The van der Waals surface area contributed by atoms with Crippen molar-refractivity contribution in [1.82, 2.24) is 0 Å². The van der Waals surface area contributed by atoms with E-state index in [0.717, 1.165) is 11.8 Å². The lowest BCUT2D eigenvalue weighted by molar-refractivity contribution is 0.515. The van der Waals surface area contributed by atoms with Crippen LogP contribution >= 0.6 is 0 Å². The molecular formula is C18H30. The minimum Gasteiger partial charge on any atom is -0.0845 e. The van der Waals surface area contributed by atoms with Gasteiger partial charge in [-0.1, -0.05) is 62.8 Å². The van der Waals surface area contributed by atoms with Crippen LogP contribution in [-0.4, -0.2) is 0 Å². The molecule has 0 aromatic rings. The third kappa shape index (κ3) is 4.00. The van der Waals surface area contributed by atoms with Crippen molar-refractivity contribution < 1.29 is 0 Å². The largest absolute Gasteiger partial charge is 0.0845 e. The fourth-order valence-electron chi connectivity index (χ4n) is 3.70. The van der Waals surface area contributed by atoms with Crippen molar-refractivity contribution in [3.05, 3.63) is 23.8 Å². The second-order valence-corrected chi connectivity index (χ2v) is 6.20. The number of allylic oxidation sites excluding steroid dienone is 4. The van der Waals surface area contributed by atoms with Crippen LogP contribution in [-0.2, 0) is 0 Å². The first-order valence-electron chi connectivity index (χ1n) is 8.28. The first-order valence-corrected chi connectivity index (χ1v) is 8.28. The molecule has 0 saturated heterocycles. The van der Waals surface area contributed by atoms with Gasteiger partial charge in [-0.05, 0) is 50.4 Å². The van der Waals surface area contributed by atoms with Gasteiger partial charge in [-0.2, -0.15) is 0 Å². The first-order chi connectivity index (χ1) is 8.92. The van der Waals surface area contributed by atoms with Gasteiger partial charge in [-0.25, -0.2) is 0 Å². The highest BCUT2D eigenvalue weighted by atomic mass is 14.3. The van der Waals surface area contributed by atoms with Crippen LogP contribution in [0.2, 0.25) is 0 Å². The molecule has 0 N–H and O–H groups in total. The third-order valence-corrected chi connectivity index (χ3v) is 4.81. The van der Waals surface area contributed by atoms with Gasteiger partial charge in [0.1, 0.15) is 0 Å². The molecule has 2 aliphatic rings. The molecule has 0 nitrogen and oxygen atoms in total. The van der Waals surface area contributed by atoms with Crippen molar-refractivity contribution in [2.24, 2.45) is 11.8 Å². The molecule has 0 bridgehead atoms. The summed E-state index contributed by atoms with van der Waals surface area (Å²) in [4.78, 5) is 0. The van der Waals surface area contributed by atoms with Gasteiger partial charge in [0.15, 0.2) is 0 Å². The smallest absolute Gasteiger partial charge is 0.0197 e. The van der Waals surface area contributed by atoms with Crippen molar-refractivity contribution >= 4 is 0 Å². The highest BCUT2D eigenvalue weighted by molar-refractivity contribution is 5.21. The summed E-state index contributed by atoms with van der Waals surface area (Å²) in [6.45, 7) is 2.32. The van der Waals surface area contributed by atoms with Crippen LogP contribution in [0.25, 0.3) is 0 Å². The van der Waals surface area contributed by atoms with E-state index in [4.69, 9.17) is 0 Å². The van der Waals surface area contributed by atoms with Gasteiger partial charge in [0.25, 0.3) is 0 Å². The van der Waals surface area contributed by atoms with Crippen LogP contribution in [0, 0.1) is 11.8 Å². The molecule has 0 aromatic carbocycles. The van der Waals surface area contributed by atoms with Crippen molar-refractivity contribution in [3.8, 4) is 0 Å². The summed E-state index contributed by atoms with van der Waals surface area (Å²) in [5.74, 6) is 1.84. The highest BCUT2D eigenvalue weighted by Crippen LogP contribution is 2.42. The Morgan fingerprint density at radius 1 is 1.06 bits per heavy atom. The molecule has 1 fully saturated rings. The van der Waals surface area contributed by atoms with E-state index in [2.05, 4.69) is 25.2 Å². The summed E-state index contributed by atoms with van der Waals surface area (Å²) < 4.78 is 0.